The second kappa shape index (κ2) is 2.81. The Balaban J connectivity index is 2.65. The molecule has 68 valence electrons. The van der Waals surface area contributed by atoms with Crippen molar-refractivity contribution in [2.75, 3.05) is 0 Å². The van der Waals surface area contributed by atoms with E-state index in [9.17, 15) is 4.79 Å². The van der Waals surface area contributed by atoms with E-state index in [2.05, 4.69) is 15.5 Å². The fraction of sp³-hybridized carbons (Fsp3) is 0.286. The molecule has 0 amide bonds. The van der Waals surface area contributed by atoms with E-state index < -0.39 is 0 Å². The number of tetrazole rings is 1. The summed E-state index contributed by atoms with van der Waals surface area (Å²) in [7, 11) is 0. The number of hydrogen-bond acceptors (Lipinski definition) is 4. The van der Waals surface area contributed by atoms with Crippen LogP contribution in [0.25, 0.3) is 5.69 Å². The van der Waals surface area contributed by atoms with Gasteiger partial charge in [0.15, 0.2) is 0 Å². The molecule has 0 aromatic carbocycles. The smallest absolute Gasteiger partial charge is 0.244 e. The summed E-state index contributed by atoms with van der Waals surface area (Å²) in [6, 6.07) is 1.92. The Morgan fingerprint density at radius 3 is 2.77 bits per heavy atom. The van der Waals surface area contributed by atoms with Gasteiger partial charge in [-0.25, -0.2) is 9.89 Å². The lowest BCUT2D eigenvalue weighted by Crippen LogP contribution is -2.15. The zero-order valence-corrected chi connectivity index (χ0v) is 8.05. The van der Waals surface area contributed by atoms with Crippen LogP contribution in [-0.4, -0.2) is 20.2 Å². The van der Waals surface area contributed by atoms with E-state index in [0.29, 0.717) is 0 Å². The Morgan fingerprint density at radius 1 is 1.54 bits per heavy atom. The number of aryl methyl sites for hydroxylation is 2. The summed E-state index contributed by atoms with van der Waals surface area (Å²) in [4.78, 5) is 13.4. The summed E-state index contributed by atoms with van der Waals surface area (Å²) in [5.41, 5.74) is 0.502. The van der Waals surface area contributed by atoms with Gasteiger partial charge in [0, 0.05) is 9.75 Å². The number of aromatic amines is 1. The first kappa shape index (κ1) is 8.18. The van der Waals surface area contributed by atoms with E-state index in [1.54, 1.807) is 11.3 Å². The predicted octanol–water partition coefficient (Wildman–Crippen LogP) is 0.634. The Labute approximate surface area is 78.0 Å². The van der Waals surface area contributed by atoms with E-state index in [1.165, 1.54) is 4.68 Å². The minimum absolute atomic E-state index is 0.305. The van der Waals surface area contributed by atoms with Crippen molar-refractivity contribution in [3.63, 3.8) is 0 Å². The number of hydrogen-bond donors (Lipinski definition) is 1. The van der Waals surface area contributed by atoms with Crippen LogP contribution in [0.2, 0.25) is 0 Å². The zero-order chi connectivity index (χ0) is 9.42. The third-order valence-electron chi connectivity index (χ3n) is 1.72. The molecule has 0 aliphatic carbocycles. The molecule has 0 aliphatic rings. The average molecular weight is 196 g/mol. The molecule has 0 aliphatic heterocycles. The molecule has 2 rings (SSSR count). The van der Waals surface area contributed by atoms with Crippen molar-refractivity contribution in [3.8, 4) is 5.69 Å². The minimum Gasteiger partial charge on any atom is -0.244 e. The van der Waals surface area contributed by atoms with Crippen molar-refractivity contribution < 1.29 is 0 Å². The summed E-state index contributed by atoms with van der Waals surface area (Å²) < 4.78 is 1.26. The first-order valence-electron chi connectivity index (χ1n) is 3.76. The first-order valence-corrected chi connectivity index (χ1v) is 4.58. The molecule has 6 heteroatoms. The highest BCUT2D eigenvalue weighted by Crippen LogP contribution is 2.21. The number of nitrogens with zero attached hydrogens (tertiary/aromatic N) is 3. The largest absolute Gasteiger partial charge is 0.365 e. The van der Waals surface area contributed by atoms with Gasteiger partial charge in [0.05, 0.1) is 5.69 Å². The van der Waals surface area contributed by atoms with Crippen LogP contribution in [0.1, 0.15) is 9.75 Å². The number of nitrogens with one attached hydrogen (secondary N) is 1. The molecule has 13 heavy (non-hydrogen) atoms. The number of thiophene rings is 1. The topological polar surface area (TPSA) is 63.6 Å². The Morgan fingerprint density at radius 2 is 2.31 bits per heavy atom. The molecule has 0 atom stereocenters. The lowest BCUT2D eigenvalue weighted by atomic mass is 10.4. The lowest BCUT2D eigenvalue weighted by molar-refractivity contribution is 0.778. The van der Waals surface area contributed by atoms with Gasteiger partial charge in [-0.1, -0.05) is 0 Å². The van der Waals surface area contributed by atoms with Crippen LogP contribution in [0.3, 0.4) is 0 Å². The van der Waals surface area contributed by atoms with Crippen molar-refractivity contribution in [1.29, 1.82) is 0 Å². The van der Waals surface area contributed by atoms with Crippen molar-refractivity contribution in [3.05, 3.63) is 26.3 Å². The molecule has 0 radical (unpaired) electrons. The molecule has 0 fully saturated rings. The highest BCUT2D eigenvalue weighted by atomic mass is 32.1. The predicted molar refractivity (Wildman–Crippen MR) is 49.3 cm³/mol. The molecule has 2 heterocycles. The van der Waals surface area contributed by atoms with Gasteiger partial charge in [-0.3, -0.25) is 0 Å². The Kier molecular flexibility index (Phi) is 1.77. The quantitative estimate of drug-likeness (QED) is 0.727. The van der Waals surface area contributed by atoms with Gasteiger partial charge in [-0.2, -0.15) is 4.68 Å². The standard InChI is InChI=1S/C7H8N4OS/c1-4-3-6(5(2)13-4)11-7(12)8-9-10-11/h3H,1-2H3,(H,8,10,12). The second-order valence-corrected chi connectivity index (χ2v) is 4.18. The molecule has 1 N–H and O–H groups in total. The van der Waals surface area contributed by atoms with Gasteiger partial charge >= 0.3 is 5.69 Å². The van der Waals surface area contributed by atoms with E-state index in [1.807, 2.05) is 19.9 Å². The summed E-state index contributed by atoms with van der Waals surface area (Å²) in [5.74, 6) is 0. The van der Waals surface area contributed by atoms with Gasteiger partial charge < -0.3 is 0 Å². The third kappa shape index (κ3) is 1.29. The number of aromatic nitrogens is 4. The van der Waals surface area contributed by atoms with Crippen LogP contribution < -0.4 is 5.69 Å². The van der Waals surface area contributed by atoms with Crippen molar-refractivity contribution in [2.24, 2.45) is 0 Å². The first-order chi connectivity index (χ1) is 6.18. The van der Waals surface area contributed by atoms with Gasteiger partial charge in [0.25, 0.3) is 0 Å². The van der Waals surface area contributed by atoms with Gasteiger partial charge in [-0.05, 0) is 30.3 Å². The number of rotatable bonds is 1. The molecular formula is C7H8N4OS. The molecular weight excluding hydrogens is 188 g/mol. The number of H-pyrrole nitrogens is 1. The van der Waals surface area contributed by atoms with E-state index in [0.717, 1.165) is 15.4 Å². The fourth-order valence-electron chi connectivity index (χ4n) is 1.18. The van der Waals surface area contributed by atoms with Crippen molar-refractivity contribution in [2.45, 2.75) is 13.8 Å². The maximum absolute atomic E-state index is 11.2. The third-order valence-corrected chi connectivity index (χ3v) is 2.67. The van der Waals surface area contributed by atoms with E-state index >= 15 is 0 Å². The zero-order valence-electron chi connectivity index (χ0n) is 7.24. The highest BCUT2D eigenvalue weighted by Gasteiger charge is 2.08. The van der Waals surface area contributed by atoms with E-state index in [-0.39, 0.29) is 5.69 Å². The second-order valence-electron chi connectivity index (χ2n) is 2.72. The van der Waals surface area contributed by atoms with Crippen LogP contribution in [0.15, 0.2) is 10.9 Å². The molecule has 0 unspecified atom stereocenters. The molecule has 2 aromatic heterocycles. The van der Waals surface area contributed by atoms with Gasteiger partial charge in [0.1, 0.15) is 0 Å². The molecule has 5 nitrogen and oxygen atoms in total. The van der Waals surface area contributed by atoms with Gasteiger partial charge in [-0.15, -0.1) is 11.3 Å². The summed E-state index contributed by atoms with van der Waals surface area (Å²) in [5, 5.41) is 9.35. The minimum atomic E-state index is -0.305. The van der Waals surface area contributed by atoms with Crippen LogP contribution in [0.5, 0.6) is 0 Å². The Hall–Kier alpha value is -1.43. The van der Waals surface area contributed by atoms with Crippen LogP contribution >= 0.6 is 11.3 Å². The molecule has 0 saturated carbocycles. The summed E-state index contributed by atoms with van der Waals surface area (Å²) in [6.45, 7) is 3.94. The van der Waals surface area contributed by atoms with Crippen LogP contribution in [-0.2, 0) is 0 Å². The monoisotopic (exact) mass is 196 g/mol. The normalized spacial score (nSPS) is 10.6. The average Bonchev–Trinajstić information content (AvgIpc) is 2.58. The molecule has 0 bridgehead atoms. The molecule has 2 aromatic rings. The molecule has 0 saturated heterocycles. The highest BCUT2D eigenvalue weighted by molar-refractivity contribution is 7.12. The maximum Gasteiger partial charge on any atom is 0.365 e. The maximum atomic E-state index is 11.2. The summed E-state index contributed by atoms with van der Waals surface area (Å²) in [6.07, 6.45) is 0. The van der Waals surface area contributed by atoms with Gasteiger partial charge in [0.2, 0.25) is 0 Å². The van der Waals surface area contributed by atoms with Crippen LogP contribution in [0.4, 0.5) is 0 Å². The molecule has 0 spiro atoms. The van der Waals surface area contributed by atoms with Crippen LogP contribution in [0, 0.1) is 13.8 Å². The SMILES string of the molecule is Cc1cc(-n2nn[nH]c2=O)c(C)s1. The van der Waals surface area contributed by atoms with Crippen molar-refractivity contribution >= 4 is 11.3 Å². The van der Waals surface area contributed by atoms with Crippen molar-refractivity contribution in [1.82, 2.24) is 20.2 Å². The summed E-state index contributed by atoms with van der Waals surface area (Å²) >= 11 is 1.63. The van der Waals surface area contributed by atoms with E-state index in [4.69, 9.17) is 0 Å². The lowest BCUT2D eigenvalue weighted by Gasteiger charge is -1.93. The Bertz CT molecular complexity index is 481. The fourth-order valence-corrected chi connectivity index (χ4v) is 2.09.